The third-order valence-corrected chi connectivity index (χ3v) is 5.44. The number of para-hydroxylation sites is 2. The molecular formula is C24H28N4O5. The second-order valence-corrected chi connectivity index (χ2v) is 8.33. The average molecular weight is 453 g/mol. The molecule has 1 heterocycles. The number of urea groups is 1. The van der Waals surface area contributed by atoms with Crippen LogP contribution in [0.5, 0.6) is 0 Å². The largest absolute Gasteiger partial charge is 0.480 e. The molecule has 4 amide bonds. The molecule has 3 rings (SSSR count). The van der Waals surface area contributed by atoms with Gasteiger partial charge in [-0.15, -0.1) is 0 Å². The van der Waals surface area contributed by atoms with Crippen molar-refractivity contribution >= 4 is 35.2 Å². The van der Waals surface area contributed by atoms with Gasteiger partial charge in [0.25, 0.3) is 0 Å². The van der Waals surface area contributed by atoms with E-state index < -0.39 is 36.0 Å². The second-order valence-electron chi connectivity index (χ2n) is 8.33. The van der Waals surface area contributed by atoms with Crippen molar-refractivity contribution in [1.29, 1.82) is 0 Å². The highest BCUT2D eigenvalue weighted by molar-refractivity contribution is 6.12. The maximum Gasteiger partial charge on any atom is 0.325 e. The molecule has 9 nitrogen and oxygen atoms in total. The van der Waals surface area contributed by atoms with E-state index >= 15 is 0 Å². The highest BCUT2D eigenvalue weighted by Crippen LogP contribution is 2.34. The van der Waals surface area contributed by atoms with Crippen molar-refractivity contribution < 1.29 is 24.3 Å². The van der Waals surface area contributed by atoms with E-state index in [9.17, 15) is 19.2 Å². The van der Waals surface area contributed by atoms with E-state index in [0.717, 1.165) is 5.56 Å². The maximum absolute atomic E-state index is 13.5. The quantitative estimate of drug-likeness (QED) is 0.513. The molecule has 0 saturated carbocycles. The number of hydrogen-bond donors (Lipinski definition) is 4. The Labute approximate surface area is 192 Å². The molecule has 0 spiro atoms. The van der Waals surface area contributed by atoms with Gasteiger partial charge < -0.3 is 21.1 Å². The molecule has 1 aliphatic rings. The summed E-state index contributed by atoms with van der Waals surface area (Å²) in [5.74, 6) is -2.33. The highest BCUT2D eigenvalue weighted by atomic mass is 16.4. The molecular weight excluding hydrogens is 424 g/mol. The molecule has 9 heteroatoms. The van der Waals surface area contributed by atoms with Crippen LogP contribution in [0.3, 0.4) is 0 Å². The number of hydrogen-bond acceptors (Lipinski definition) is 4. The second kappa shape index (κ2) is 10.2. The zero-order valence-corrected chi connectivity index (χ0v) is 18.7. The lowest BCUT2D eigenvalue weighted by molar-refractivity contribution is -0.141. The smallest absolute Gasteiger partial charge is 0.325 e. The Morgan fingerprint density at radius 1 is 1.00 bits per heavy atom. The fourth-order valence-corrected chi connectivity index (χ4v) is 3.75. The number of anilines is 2. The van der Waals surface area contributed by atoms with Crippen LogP contribution in [0.4, 0.5) is 16.2 Å². The van der Waals surface area contributed by atoms with Crippen molar-refractivity contribution in [3.05, 3.63) is 60.2 Å². The molecule has 3 atom stereocenters. The van der Waals surface area contributed by atoms with Gasteiger partial charge in [0.2, 0.25) is 11.8 Å². The summed E-state index contributed by atoms with van der Waals surface area (Å²) in [6.07, 6.45) is 0.152. The normalized spacial score (nSPS) is 16.9. The van der Waals surface area contributed by atoms with Crippen LogP contribution in [0.2, 0.25) is 0 Å². The Bertz CT molecular complexity index is 1040. The van der Waals surface area contributed by atoms with Gasteiger partial charge in [-0.3, -0.25) is 19.3 Å². The van der Waals surface area contributed by atoms with Crippen molar-refractivity contribution in [3.8, 4) is 0 Å². The molecule has 0 unspecified atom stereocenters. The van der Waals surface area contributed by atoms with Gasteiger partial charge in [-0.2, -0.15) is 0 Å². The molecule has 2 aromatic rings. The summed E-state index contributed by atoms with van der Waals surface area (Å²) >= 11 is 0. The molecule has 2 aromatic carbocycles. The number of benzene rings is 2. The van der Waals surface area contributed by atoms with E-state index in [1.165, 1.54) is 11.8 Å². The van der Waals surface area contributed by atoms with Gasteiger partial charge in [0.15, 0.2) is 0 Å². The summed E-state index contributed by atoms with van der Waals surface area (Å²) in [7, 11) is 0. The van der Waals surface area contributed by atoms with Crippen LogP contribution in [-0.2, 0) is 20.8 Å². The predicted molar refractivity (Wildman–Crippen MR) is 124 cm³/mol. The number of carbonyl (C=O) groups is 4. The number of amides is 4. The predicted octanol–water partition coefficient (Wildman–Crippen LogP) is 2.38. The minimum absolute atomic E-state index is 0.152. The fourth-order valence-electron chi connectivity index (χ4n) is 3.75. The van der Waals surface area contributed by atoms with E-state index in [-0.39, 0.29) is 18.2 Å². The first kappa shape index (κ1) is 23.8. The lowest BCUT2D eigenvalue weighted by atomic mass is 9.98. The first-order valence-corrected chi connectivity index (χ1v) is 10.8. The Hall–Kier alpha value is -3.88. The van der Waals surface area contributed by atoms with Gasteiger partial charge in [-0.25, -0.2) is 4.79 Å². The molecule has 0 radical (unpaired) electrons. The number of carboxylic acids is 1. The van der Waals surface area contributed by atoms with E-state index in [1.807, 2.05) is 44.2 Å². The SMILES string of the molecule is CC(C)[C@@H]1C(=O)Nc2ccccc2N1C(=O)N[C@H](Cc1ccccc1)C(=O)N[C@@H](C)C(=O)O. The number of nitrogens with one attached hydrogen (secondary N) is 3. The standard InChI is InChI=1S/C24H28N4O5/c1-14(2)20-22(30)26-17-11-7-8-12-19(17)28(20)24(33)27-18(13-16-9-5-4-6-10-16)21(29)25-15(3)23(31)32/h4-12,14-15,18,20H,13H2,1-3H3,(H,25,29)(H,26,30)(H,27,33)(H,31,32)/t15-,18+,20+/m0/s1. The molecule has 174 valence electrons. The number of rotatable bonds is 7. The number of fused-ring (bicyclic) bond motifs is 1. The monoisotopic (exact) mass is 452 g/mol. The van der Waals surface area contributed by atoms with Crippen molar-refractivity contribution in [2.45, 2.75) is 45.3 Å². The fraction of sp³-hybridized carbons (Fsp3) is 0.333. The van der Waals surface area contributed by atoms with Crippen molar-refractivity contribution in [2.24, 2.45) is 5.92 Å². The lowest BCUT2D eigenvalue weighted by Crippen LogP contribution is -2.60. The first-order valence-electron chi connectivity index (χ1n) is 10.8. The average Bonchev–Trinajstić information content (AvgIpc) is 2.77. The molecule has 1 aliphatic heterocycles. The van der Waals surface area contributed by atoms with Crippen molar-refractivity contribution in [1.82, 2.24) is 10.6 Å². The van der Waals surface area contributed by atoms with Crippen LogP contribution in [0.1, 0.15) is 26.3 Å². The van der Waals surface area contributed by atoms with Crippen molar-refractivity contribution in [2.75, 3.05) is 10.2 Å². The third-order valence-electron chi connectivity index (χ3n) is 5.44. The van der Waals surface area contributed by atoms with E-state index in [4.69, 9.17) is 5.11 Å². The maximum atomic E-state index is 13.5. The number of aliphatic carboxylic acids is 1. The van der Waals surface area contributed by atoms with E-state index in [1.54, 1.807) is 24.3 Å². The molecule has 0 fully saturated rings. The van der Waals surface area contributed by atoms with Gasteiger partial charge in [-0.1, -0.05) is 56.3 Å². The minimum Gasteiger partial charge on any atom is -0.480 e. The van der Waals surface area contributed by atoms with Crippen LogP contribution < -0.4 is 20.9 Å². The van der Waals surface area contributed by atoms with Crippen LogP contribution in [0.25, 0.3) is 0 Å². The van der Waals surface area contributed by atoms with Gasteiger partial charge in [0.1, 0.15) is 18.1 Å². The molecule has 0 bridgehead atoms. The Morgan fingerprint density at radius 2 is 1.64 bits per heavy atom. The van der Waals surface area contributed by atoms with Gasteiger partial charge in [-0.05, 0) is 30.5 Å². The Kier molecular flexibility index (Phi) is 7.32. The zero-order valence-electron chi connectivity index (χ0n) is 18.7. The van der Waals surface area contributed by atoms with Crippen molar-refractivity contribution in [3.63, 3.8) is 0 Å². The third kappa shape index (κ3) is 5.49. The summed E-state index contributed by atoms with van der Waals surface area (Å²) in [5, 5.41) is 17.1. The molecule has 0 aromatic heterocycles. The summed E-state index contributed by atoms with van der Waals surface area (Å²) in [5.41, 5.74) is 1.81. The van der Waals surface area contributed by atoms with Gasteiger partial charge in [0.05, 0.1) is 11.4 Å². The number of carboxylic acid groups (broad SMARTS) is 1. The van der Waals surface area contributed by atoms with Crippen LogP contribution in [0.15, 0.2) is 54.6 Å². The van der Waals surface area contributed by atoms with Crippen LogP contribution in [-0.4, -0.2) is 47.0 Å². The minimum atomic E-state index is -1.19. The summed E-state index contributed by atoms with van der Waals surface area (Å²) in [6.45, 7) is 5.02. The lowest BCUT2D eigenvalue weighted by Gasteiger charge is -2.39. The van der Waals surface area contributed by atoms with E-state index in [2.05, 4.69) is 16.0 Å². The summed E-state index contributed by atoms with van der Waals surface area (Å²) < 4.78 is 0. The Morgan fingerprint density at radius 3 is 2.27 bits per heavy atom. The summed E-state index contributed by atoms with van der Waals surface area (Å²) in [4.78, 5) is 51.8. The first-order chi connectivity index (χ1) is 15.7. The molecule has 33 heavy (non-hydrogen) atoms. The number of nitrogens with zero attached hydrogens (tertiary/aromatic N) is 1. The highest BCUT2D eigenvalue weighted by Gasteiger charge is 2.40. The molecule has 0 aliphatic carbocycles. The molecule has 0 saturated heterocycles. The zero-order chi connectivity index (χ0) is 24.1. The van der Waals surface area contributed by atoms with Crippen LogP contribution >= 0.6 is 0 Å². The van der Waals surface area contributed by atoms with E-state index in [0.29, 0.717) is 11.4 Å². The van der Waals surface area contributed by atoms with Crippen LogP contribution in [0, 0.1) is 5.92 Å². The number of carbonyl (C=O) groups excluding carboxylic acids is 3. The Balaban J connectivity index is 1.91. The molecule has 4 N–H and O–H groups in total. The van der Waals surface area contributed by atoms with Gasteiger partial charge in [0, 0.05) is 6.42 Å². The topological polar surface area (TPSA) is 128 Å². The van der Waals surface area contributed by atoms with Gasteiger partial charge >= 0.3 is 12.0 Å². The summed E-state index contributed by atoms with van der Waals surface area (Å²) in [6, 6.07) is 12.5.